The van der Waals surface area contributed by atoms with Crippen LogP contribution in [-0.4, -0.2) is 28.3 Å². The number of alkyl halides is 2. The molecule has 0 spiro atoms. The van der Waals surface area contributed by atoms with E-state index < -0.39 is 17.3 Å². The summed E-state index contributed by atoms with van der Waals surface area (Å²) in [6.45, 7) is 0.606. The molecule has 2 aliphatic rings. The van der Waals surface area contributed by atoms with Crippen molar-refractivity contribution in [2.24, 2.45) is 5.92 Å². The molecule has 5 nitrogen and oxygen atoms in total. The highest BCUT2D eigenvalue weighted by Crippen LogP contribution is 2.50. The van der Waals surface area contributed by atoms with E-state index in [2.05, 4.69) is 26.6 Å². The van der Waals surface area contributed by atoms with Gasteiger partial charge in [-0.2, -0.15) is 10.4 Å². The number of hydrogen-bond acceptors (Lipinski definition) is 4. The van der Waals surface area contributed by atoms with Gasteiger partial charge in [0.25, 0.3) is 5.92 Å². The van der Waals surface area contributed by atoms with E-state index >= 15 is 8.78 Å². The maximum absolute atomic E-state index is 15.1. The molecule has 0 amide bonds. The quantitative estimate of drug-likeness (QED) is 0.742. The highest BCUT2D eigenvalue weighted by molar-refractivity contribution is 5.92. The van der Waals surface area contributed by atoms with E-state index in [-0.39, 0.29) is 5.56 Å². The summed E-state index contributed by atoms with van der Waals surface area (Å²) in [6.07, 6.45) is 4.70. The summed E-state index contributed by atoms with van der Waals surface area (Å²) >= 11 is 0. The molecule has 2 N–H and O–H groups in total. The Morgan fingerprint density at radius 3 is 2.70 bits per heavy atom. The average molecular weight is 365 g/mol. The van der Waals surface area contributed by atoms with Crippen LogP contribution in [0.1, 0.15) is 24.0 Å². The summed E-state index contributed by atoms with van der Waals surface area (Å²) in [6, 6.07) is 9.09. The topological polar surface area (TPSA) is 77.4 Å². The average Bonchev–Trinajstić information content (AvgIpc) is 3.28. The predicted molar refractivity (Wildman–Crippen MR) is 96.1 cm³/mol. The third-order valence-electron chi connectivity index (χ3n) is 5.79. The summed E-state index contributed by atoms with van der Waals surface area (Å²) in [4.78, 5) is 4.22. The number of benzene rings is 1. The molecule has 1 saturated carbocycles. The molecule has 0 atom stereocenters. The molecule has 1 aromatic carbocycles. The van der Waals surface area contributed by atoms with Gasteiger partial charge in [-0.15, -0.1) is 0 Å². The molecule has 0 radical (unpaired) electrons. The number of pyridine rings is 1. The first-order valence-corrected chi connectivity index (χ1v) is 8.98. The van der Waals surface area contributed by atoms with Crippen molar-refractivity contribution in [1.82, 2.24) is 20.5 Å². The van der Waals surface area contributed by atoms with Crippen LogP contribution in [0.15, 0.2) is 36.7 Å². The van der Waals surface area contributed by atoms with Crippen LogP contribution in [0, 0.1) is 17.2 Å². The van der Waals surface area contributed by atoms with Gasteiger partial charge in [0.1, 0.15) is 0 Å². The number of rotatable bonds is 4. The second kappa shape index (κ2) is 5.57. The first-order chi connectivity index (χ1) is 13.0. The normalized spacial score (nSPS) is 18.9. The van der Waals surface area contributed by atoms with Crippen molar-refractivity contribution in [3.8, 4) is 17.2 Å². The van der Waals surface area contributed by atoms with Gasteiger partial charge in [-0.05, 0) is 53.8 Å². The molecule has 1 saturated heterocycles. The van der Waals surface area contributed by atoms with Crippen molar-refractivity contribution < 1.29 is 8.78 Å². The van der Waals surface area contributed by atoms with Crippen molar-refractivity contribution in [1.29, 1.82) is 5.26 Å². The molecule has 2 fully saturated rings. The fourth-order valence-corrected chi connectivity index (χ4v) is 3.73. The van der Waals surface area contributed by atoms with Crippen molar-refractivity contribution in [2.45, 2.75) is 24.2 Å². The highest BCUT2D eigenvalue weighted by atomic mass is 19.3. The fraction of sp³-hybridized carbons (Fsp3) is 0.350. The number of aromatic nitrogens is 3. The summed E-state index contributed by atoms with van der Waals surface area (Å²) in [7, 11) is 0. The minimum absolute atomic E-state index is 0.0171. The number of nitrogens with one attached hydrogen (secondary N) is 2. The van der Waals surface area contributed by atoms with E-state index in [1.54, 1.807) is 24.5 Å². The predicted octanol–water partition coefficient (Wildman–Crippen LogP) is 3.49. The lowest BCUT2D eigenvalue weighted by Gasteiger charge is -2.35. The van der Waals surface area contributed by atoms with E-state index in [1.165, 1.54) is 6.07 Å². The zero-order chi connectivity index (χ0) is 18.6. The Bertz CT molecular complexity index is 1070. The number of halogens is 2. The molecule has 0 bridgehead atoms. The second-order valence-electron chi connectivity index (χ2n) is 7.46. The number of H-pyrrole nitrogens is 1. The molecule has 5 rings (SSSR count). The van der Waals surface area contributed by atoms with Crippen LogP contribution < -0.4 is 5.32 Å². The number of aromatic amines is 1. The van der Waals surface area contributed by atoms with E-state index in [4.69, 9.17) is 0 Å². The van der Waals surface area contributed by atoms with Crippen molar-refractivity contribution in [2.75, 3.05) is 13.1 Å². The van der Waals surface area contributed by atoms with E-state index in [1.807, 2.05) is 6.07 Å². The van der Waals surface area contributed by atoms with Gasteiger partial charge in [0.15, 0.2) is 5.65 Å². The third-order valence-corrected chi connectivity index (χ3v) is 5.79. The molecule has 7 heteroatoms. The largest absolute Gasteiger partial charge is 0.316 e. The lowest BCUT2D eigenvalue weighted by Crippen LogP contribution is -2.50. The number of nitrogens with zero attached hydrogens (tertiary/aromatic N) is 3. The molecule has 3 heterocycles. The summed E-state index contributed by atoms with van der Waals surface area (Å²) < 4.78 is 30.2. The maximum atomic E-state index is 15.1. The maximum Gasteiger partial charge on any atom is 0.278 e. The first kappa shape index (κ1) is 16.3. The minimum Gasteiger partial charge on any atom is -0.316 e. The summed E-state index contributed by atoms with van der Waals surface area (Å²) in [5.74, 6) is -3.66. The Hall–Kier alpha value is -2.85. The number of nitriles is 1. The molecule has 1 aliphatic heterocycles. The monoisotopic (exact) mass is 365 g/mol. The van der Waals surface area contributed by atoms with Crippen molar-refractivity contribution in [3.63, 3.8) is 0 Å². The summed E-state index contributed by atoms with van der Waals surface area (Å²) in [5.41, 5.74) is 2.09. The van der Waals surface area contributed by atoms with Gasteiger partial charge >= 0.3 is 0 Å². The van der Waals surface area contributed by atoms with Gasteiger partial charge < -0.3 is 5.32 Å². The zero-order valence-corrected chi connectivity index (χ0v) is 14.5. The van der Waals surface area contributed by atoms with Gasteiger partial charge in [0, 0.05) is 30.2 Å². The molecular weight excluding hydrogens is 348 g/mol. The Kier molecular flexibility index (Phi) is 3.37. The molecule has 0 unspecified atom stereocenters. The van der Waals surface area contributed by atoms with Crippen molar-refractivity contribution >= 4 is 11.0 Å². The molecule has 1 aliphatic carbocycles. The first-order valence-electron chi connectivity index (χ1n) is 8.98. The second-order valence-corrected chi connectivity index (χ2v) is 7.46. The standard InChI is InChI=1S/C20H17F2N5/c21-20(22,15-8-24-9-15)14-6-12(5-13(7-14)19(11-23)2-3-19)16-1-4-25-18-17(16)10-26-27-18/h1,4-7,10,15,24H,2-3,8-9H2,(H,25,26,27). The fourth-order valence-electron chi connectivity index (χ4n) is 3.73. The lowest BCUT2D eigenvalue weighted by atomic mass is 9.84. The van der Waals surface area contributed by atoms with Crippen LogP contribution in [0.4, 0.5) is 8.78 Å². The Labute approximate surface area is 154 Å². The Morgan fingerprint density at radius 1 is 1.22 bits per heavy atom. The van der Waals surface area contributed by atoms with E-state index in [0.29, 0.717) is 42.7 Å². The van der Waals surface area contributed by atoms with E-state index in [0.717, 1.165) is 10.9 Å². The van der Waals surface area contributed by atoms with E-state index in [9.17, 15) is 5.26 Å². The Balaban J connectivity index is 1.71. The van der Waals surface area contributed by atoms with Crippen LogP contribution in [0.3, 0.4) is 0 Å². The molecule has 136 valence electrons. The minimum atomic E-state index is -2.94. The van der Waals surface area contributed by atoms with Crippen LogP contribution in [-0.2, 0) is 11.3 Å². The third kappa shape index (κ3) is 2.44. The Morgan fingerprint density at radius 2 is 2.04 bits per heavy atom. The molecule has 3 aromatic rings. The number of fused-ring (bicyclic) bond motifs is 1. The van der Waals surface area contributed by atoms with Crippen LogP contribution in [0.5, 0.6) is 0 Å². The highest BCUT2D eigenvalue weighted by Gasteiger charge is 2.48. The van der Waals surface area contributed by atoms with Gasteiger partial charge in [0.2, 0.25) is 0 Å². The van der Waals surface area contributed by atoms with Gasteiger partial charge in [0.05, 0.1) is 23.6 Å². The summed E-state index contributed by atoms with van der Waals surface area (Å²) in [5, 5.41) is 20.1. The molecular formula is C20H17F2N5. The van der Waals surface area contributed by atoms with Crippen LogP contribution in [0.2, 0.25) is 0 Å². The van der Waals surface area contributed by atoms with Crippen LogP contribution >= 0.6 is 0 Å². The smallest absolute Gasteiger partial charge is 0.278 e. The number of hydrogen-bond donors (Lipinski definition) is 2. The molecule has 27 heavy (non-hydrogen) atoms. The van der Waals surface area contributed by atoms with Gasteiger partial charge in [-0.25, -0.2) is 13.8 Å². The SMILES string of the molecule is N#CC1(c2cc(-c3ccnc4[nH]ncc34)cc(C(F)(F)C3CNC3)c2)CC1. The van der Waals surface area contributed by atoms with Crippen molar-refractivity contribution in [3.05, 3.63) is 47.8 Å². The van der Waals surface area contributed by atoms with Gasteiger partial charge in [-0.1, -0.05) is 0 Å². The van der Waals surface area contributed by atoms with Crippen LogP contribution in [0.25, 0.3) is 22.2 Å². The van der Waals surface area contributed by atoms with Gasteiger partial charge in [-0.3, -0.25) is 5.10 Å². The zero-order valence-electron chi connectivity index (χ0n) is 14.5. The lowest BCUT2D eigenvalue weighted by molar-refractivity contribution is -0.0834. The molecule has 2 aromatic heterocycles.